The molecule has 0 saturated heterocycles. The molecule has 5 nitrogen and oxygen atoms in total. The fraction of sp³-hybridized carbons (Fsp3) is 0.167. The van der Waals surface area contributed by atoms with E-state index in [0.717, 1.165) is 16.7 Å². The highest BCUT2D eigenvalue weighted by Gasteiger charge is 2.13. The van der Waals surface area contributed by atoms with E-state index in [4.69, 9.17) is 4.74 Å². The lowest BCUT2D eigenvalue weighted by molar-refractivity contribution is 0.100. The summed E-state index contributed by atoms with van der Waals surface area (Å²) in [6.07, 6.45) is 4.43. The quantitative estimate of drug-likeness (QED) is 0.591. The monoisotopic (exact) mass is 418 g/mol. The first-order valence-corrected chi connectivity index (χ1v) is 11.2. The molecule has 1 amide bonds. The normalized spacial score (nSPS) is 12.3. The molecule has 0 spiro atoms. The van der Waals surface area contributed by atoms with E-state index in [1.807, 2.05) is 44.2 Å². The first-order valence-electron chi connectivity index (χ1n) is 9.23. The maximum Gasteiger partial charge on any atom is 0.286 e. The number of carbonyl (C=O) groups is 1. The van der Waals surface area contributed by atoms with Gasteiger partial charge in [0.2, 0.25) is 0 Å². The third-order valence-corrected chi connectivity index (χ3v) is 5.95. The number of pyridine rings is 1. The number of rotatable bonds is 3. The number of nitrogens with zero attached hydrogens (tertiary/aromatic N) is 2. The summed E-state index contributed by atoms with van der Waals surface area (Å²) in [7, 11) is -1.30. The number of hydrogen-bond donors (Lipinski definition) is 0. The van der Waals surface area contributed by atoms with Gasteiger partial charge in [-0.15, -0.1) is 0 Å². The Kier molecular flexibility index (Phi) is 6.34. The average Bonchev–Trinajstić information content (AvgIpc) is 2.71. The van der Waals surface area contributed by atoms with Gasteiger partial charge in [0.25, 0.3) is 5.91 Å². The van der Waals surface area contributed by atoms with Crippen LogP contribution in [0.3, 0.4) is 0 Å². The van der Waals surface area contributed by atoms with Crippen LogP contribution >= 0.6 is 0 Å². The molecule has 0 bridgehead atoms. The van der Waals surface area contributed by atoms with Crippen molar-refractivity contribution in [2.45, 2.75) is 18.7 Å². The largest absolute Gasteiger partial charge is 0.495 e. The van der Waals surface area contributed by atoms with Gasteiger partial charge in [-0.2, -0.15) is 4.36 Å². The standard InChI is InChI=1S/C24H22N2O3S/c1-17-11-18(2)13-22(12-17)30(4,28)26-24(27)21-14-19(15-25-16-21)9-10-20-7-5-6-8-23(20)29-3/h5-8,11-16H,1-4H3. The Morgan fingerprint density at radius 2 is 1.73 bits per heavy atom. The molecule has 3 aromatic rings. The molecule has 1 unspecified atom stereocenters. The first-order chi connectivity index (χ1) is 14.3. The fourth-order valence-corrected chi connectivity index (χ4v) is 4.26. The molecule has 1 heterocycles. The van der Waals surface area contributed by atoms with Crippen LogP contribution in [0, 0.1) is 25.7 Å². The zero-order valence-corrected chi connectivity index (χ0v) is 18.1. The summed E-state index contributed by atoms with van der Waals surface area (Å²) in [6, 6.07) is 14.6. The molecular weight excluding hydrogens is 396 g/mol. The van der Waals surface area contributed by atoms with E-state index >= 15 is 0 Å². The number of benzene rings is 2. The van der Waals surface area contributed by atoms with Crippen LogP contribution in [0.2, 0.25) is 0 Å². The fourth-order valence-electron chi connectivity index (χ4n) is 2.93. The summed E-state index contributed by atoms with van der Waals surface area (Å²) < 4.78 is 22.4. The van der Waals surface area contributed by atoms with E-state index in [-0.39, 0.29) is 5.56 Å². The number of methoxy groups -OCH3 is 1. The van der Waals surface area contributed by atoms with Gasteiger partial charge in [0, 0.05) is 29.1 Å². The van der Waals surface area contributed by atoms with Gasteiger partial charge in [-0.3, -0.25) is 9.78 Å². The van der Waals surface area contributed by atoms with Crippen molar-refractivity contribution < 1.29 is 13.7 Å². The molecule has 3 rings (SSSR count). The van der Waals surface area contributed by atoms with Gasteiger partial charge >= 0.3 is 0 Å². The minimum atomic E-state index is -2.88. The minimum Gasteiger partial charge on any atom is -0.495 e. The lowest BCUT2D eigenvalue weighted by Gasteiger charge is -2.07. The van der Waals surface area contributed by atoms with Crippen molar-refractivity contribution in [3.63, 3.8) is 0 Å². The average molecular weight is 419 g/mol. The smallest absolute Gasteiger partial charge is 0.286 e. The predicted molar refractivity (Wildman–Crippen MR) is 118 cm³/mol. The maximum atomic E-state index is 13.1. The Balaban J connectivity index is 1.92. The third-order valence-electron chi connectivity index (χ3n) is 4.32. The lowest BCUT2D eigenvalue weighted by Crippen LogP contribution is -2.05. The van der Waals surface area contributed by atoms with Crippen LogP contribution in [-0.2, 0) is 9.73 Å². The van der Waals surface area contributed by atoms with E-state index in [1.54, 1.807) is 31.5 Å². The van der Waals surface area contributed by atoms with E-state index in [2.05, 4.69) is 21.2 Å². The molecule has 0 fully saturated rings. The zero-order valence-electron chi connectivity index (χ0n) is 17.3. The van der Waals surface area contributed by atoms with Crippen LogP contribution in [0.15, 0.2) is 70.2 Å². The van der Waals surface area contributed by atoms with Crippen molar-refractivity contribution >= 4 is 15.6 Å². The zero-order chi connectivity index (χ0) is 21.7. The summed E-state index contributed by atoms with van der Waals surface area (Å²) in [4.78, 5) is 17.3. The van der Waals surface area contributed by atoms with Gasteiger partial charge < -0.3 is 4.74 Å². The van der Waals surface area contributed by atoms with Gasteiger partial charge in [0.05, 0.1) is 28.0 Å². The summed E-state index contributed by atoms with van der Waals surface area (Å²) in [6.45, 7) is 3.84. The second-order valence-corrected chi connectivity index (χ2v) is 9.19. The third kappa shape index (κ3) is 5.13. The molecule has 0 saturated carbocycles. The van der Waals surface area contributed by atoms with Crippen molar-refractivity contribution in [3.05, 3.63) is 88.7 Å². The SMILES string of the molecule is COc1ccccc1C#Cc1cncc(C(=O)N=S(C)(=O)c2cc(C)cc(C)c2)c1. The van der Waals surface area contributed by atoms with E-state index in [0.29, 0.717) is 16.2 Å². The molecule has 0 N–H and O–H groups in total. The van der Waals surface area contributed by atoms with Crippen LogP contribution in [0.4, 0.5) is 0 Å². The summed E-state index contributed by atoms with van der Waals surface area (Å²) in [5, 5.41) is 0. The van der Waals surface area contributed by atoms with Gasteiger partial charge in [-0.1, -0.05) is 30.0 Å². The molecule has 1 aromatic heterocycles. The molecule has 152 valence electrons. The topological polar surface area (TPSA) is 68.6 Å². The Morgan fingerprint density at radius 1 is 1.03 bits per heavy atom. The summed E-state index contributed by atoms with van der Waals surface area (Å²) in [5.41, 5.74) is 3.46. The molecule has 6 heteroatoms. The van der Waals surface area contributed by atoms with Crippen molar-refractivity contribution in [1.29, 1.82) is 0 Å². The number of aryl methyl sites for hydroxylation is 2. The Morgan fingerprint density at radius 3 is 2.43 bits per heavy atom. The molecule has 0 aliphatic rings. The Hall–Kier alpha value is -3.43. The molecular formula is C24H22N2O3S. The Bertz CT molecular complexity index is 1270. The highest BCUT2D eigenvalue weighted by Crippen LogP contribution is 2.18. The Labute approximate surface area is 177 Å². The lowest BCUT2D eigenvalue weighted by atomic mass is 10.1. The van der Waals surface area contributed by atoms with E-state index < -0.39 is 15.6 Å². The highest BCUT2D eigenvalue weighted by atomic mass is 32.2. The van der Waals surface area contributed by atoms with Crippen LogP contribution in [0.25, 0.3) is 0 Å². The molecule has 0 radical (unpaired) electrons. The highest BCUT2D eigenvalue weighted by molar-refractivity contribution is 7.93. The van der Waals surface area contributed by atoms with Gasteiger partial charge in [0.15, 0.2) is 0 Å². The van der Waals surface area contributed by atoms with Crippen molar-refractivity contribution in [2.75, 3.05) is 13.4 Å². The molecule has 30 heavy (non-hydrogen) atoms. The summed E-state index contributed by atoms with van der Waals surface area (Å²) >= 11 is 0. The van der Waals surface area contributed by atoms with Crippen LogP contribution < -0.4 is 4.74 Å². The number of para-hydroxylation sites is 1. The van der Waals surface area contributed by atoms with Crippen LogP contribution in [-0.4, -0.2) is 28.5 Å². The maximum absolute atomic E-state index is 13.1. The van der Waals surface area contributed by atoms with E-state index in [1.165, 1.54) is 12.5 Å². The number of ether oxygens (including phenoxy) is 1. The summed E-state index contributed by atoms with van der Waals surface area (Å²) in [5.74, 6) is 6.08. The van der Waals surface area contributed by atoms with E-state index in [9.17, 15) is 9.00 Å². The predicted octanol–water partition coefficient (Wildman–Crippen LogP) is 4.40. The van der Waals surface area contributed by atoms with Gasteiger partial charge in [0.1, 0.15) is 5.75 Å². The van der Waals surface area contributed by atoms with Gasteiger partial charge in [-0.25, -0.2) is 4.21 Å². The molecule has 0 aliphatic carbocycles. The molecule has 0 aliphatic heterocycles. The molecule has 2 aromatic carbocycles. The minimum absolute atomic E-state index is 0.237. The number of aromatic nitrogens is 1. The van der Waals surface area contributed by atoms with Crippen LogP contribution in [0.5, 0.6) is 5.75 Å². The number of hydrogen-bond acceptors (Lipinski definition) is 4. The first kappa shape index (κ1) is 21.3. The molecule has 1 atom stereocenters. The second kappa shape index (κ2) is 8.93. The van der Waals surface area contributed by atoms with Crippen LogP contribution in [0.1, 0.15) is 32.6 Å². The second-order valence-electron chi connectivity index (χ2n) is 6.93. The van der Waals surface area contributed by atoms with Crippen molar-refractivity contribution in [3.8, 4) is 17.6 Å². The number of amides is 1. The van der Waals surface area contributed by atoms with Crippen molar-refractivity contribution in [2.24, 2.45) is 4.36 Å². The van der Waals surface area contributed by atoms with Gasteiger partial charge in [-0.05, 0) is 55.3 Å². The van der Waals surface area contributed by atoms with Crippen molar-refractivity contribution in [1.82, 2.24) is 4.98 Å². The number of carbonyl (C=O) groups excluding carboxylic acids is 1.